The number of amides is 2. The Labute approximate surface area is 158 Å². The zero-order valence-electron chi connectivity index (χ0n) is 15.4. The van der Waals surface area contributed by atoms with Crippen molar-refractivity contribution in [3.8, 4) is 17.2 Å². The summed E-state index contributed by atoms with van der Waals surface area (Å²) < 4.78 is 0. The molecule has 138 valence electrons. The summed E-state index contributed by atoms with van der Waals surface area (Å²) in [5.41, 5.74) is 5.66. The summed E-state index contributed by atoms with van der Waals surface area (Å²) in [5.74, 6) is -0.903. The second-order valence-corrected chi connectivity index (χ2v) is 6.64. The van der Waals surface area contributed by atoms with E-state index in [-0.39, 0.29) is 19.0 Å². The van der Waals surface area contributed by atoms with Gasteiger partial charge in [0.2, 0.25) is 0 Å². The number of hydrogen-bond donors (Lipinski definition) is 1. The molecule has 1 N–H and O–H groups in total. The van der Waals surface area contributed by atoms with E-state index in [0.29, 0.717) is 18.7 Å². The van der Waals surface area contributed by atoms with Crippen molar-refractivity contribution < 1.29 is 14.7 Å². The quantitative estimate of drug-likeness (QED) is 0.880. The number of carboxylic acids is 1. The number of urea groups is 1. The number of carboxylic acid groups (broad SMARTS) is 1. The highest BCUT2D eigenvalue weighted by Gasteiger charge is 2.30. The monoisotopic (exact) mass is 363 g/mol. The van der Waals surface area contributed by atoms with E-state index in [1.54, 1.807) is 21.9 Å². The van der Waals surface area contributed by atoms with Gasteiger partial charge in [-0.25, -0.2) is 4.79 Å². The average Bonchev–Trinajstić information content (AvgIpc) is 3.03. The van der Waals surface area contributed by atoms with Crippen molar-refractivity contribution in [2.24, 2.45) is 0 Å². The molecule has 0 saturated carbocycles. The van der Waals surface area contributed by atoms with Gasteiger partial charge in [0.15, 0.2) is 0 Å². The first-order valence-electron chi connectivity index (χ1n) is 8.81. The summed E-state index contributed by atoms with van der Waals surface area (Å²) in [6.45, 7) is 5.32. The van der Waals surface area contributed by atoms with Crippen molar-refractivity contribution in [2.45, 2.75) is 20.3 Å². The van der Waals surface area contributed by atoms with Gasteiger partial charge < -0.3 is 10.0 Å². The van der Waals surface area contributed by atoms with E-state index >= 15 is 0 Å². The van der Waals surface area contributed by atoms with E-state index in [0.717, 1.165) is 27.9 Å². The highest BCUT2D eigenvalue weighted by Crippen LogP contribution is 2.33. The van der Waals surface area contributed by atoms with Crippen molar-refractivity contribution in [1.29, 1.82) is 5.26 Å². The number of rotatable bonds is 5. The molecule has 6 heteroatoms. The van der Waals surface area contributed by atoms with Crippen LogP contribution < -0.4 is 4.90 Å². The molecule has 27 heavy (non-hydrogen) atoms. The highest BCUT2D eigenvalue weighted by atomic mass is 16.4. The standard InChI is InChI=1S/C21H21N3O3/c1-14-15(2)19(24-12-11-23(21(24)27)10-9-20(25)26)8-7-18(14)17-5-3-16(13-22)4-6-17/h3-8H,9-12H2,1-2H3,(H,25,26). The Bertz CT molecular complexity index is 929. The molecule has 1 saturated heterocycles. The van der Waals surface area contributed by atoms with Gasteiger partial charge >= 0.3 is 12.0 Å². The van der Waals surface area contributed by atoms with Crippen molar-refractivity contribution in [3.05, 3.63) is 53.1 Å². The van der Waals surface area contributed by atoms with Crippen molar-refractivity contribution >= 4 is 17.7 Å². The highest BCUT2D eigenvalue weighted by molar-refractivity contribution is 5.95. The van der Waals surface area contributed by atoms with E-state index < -0.39 is 5.97 Å². The number of aliphatic carboxylic acids is 1. The van der Waals surface area contributed by atoms with Gasteiger partial charge in [0.05, 0.1) is 18.1 Å². The molecule has 1 aliphatic rings. The third-order valence-electron chi connectivity index (χ3n) is 5.06. The molecule has 0 bridgehead atoms. The lowest BCUT2D eigenvalue weighted by atomic mass is 9.95. The number of anilines is 1. The first-order chi connectivity index (χ1) is 12.9. The topological polar surface area (TPSA) is 84.6 Å². The molecule has 0 aliphatic carbocycles. The fraction of sp³-hybridized carbons (Fsp3) is 0.286. The van der Waals surface area contributed by atoms with Crippen LogP contribution in [-0.4, -0.2) is 41.6 Å². The number of carbonyl (C=O) groups excluding carboxylic acids is 1. The number of carbonyl (C=O) groups is 2. The largest absolute Gasteiger partial charge is 0.481 e. The minimum atomic E-state index is -0.903. The molecule has 0 radical (unpaired) electrons. The Morgan fingerprint density at radius 2 is 1.81 bits per heavy atom. The van der Waals surface area contributed by atoms with Gasteiger partial charge in [-0.1, -0.05) is 18.2 Å². The first-order valence-corrected chi connectivity index (χ1v) is 8.81. The number of hydrogen-bond acceptors (Lipinski definition) is 3. The first kappa shape index (κ1) is 18.5. The number of benzene rings is 2. The Morgan fingerprint density at radius 1 is 1.11 bits per heavy atom. The lowest BCUT2D eigenvalue weighted by Crippen LogP contribution is -2.33. The van der Waals surface area contributed by atoms with Crippen molar-refractivity contribution in [2.75, 3.05) is 24.5 Å². The van der Waals surface area contributed by atoms with Crippen LogP contribution in [0, 0.1) is 25.2 Å². The molecule has 0 atom stereocenters. The molecular formula is C21H21N3O3. The maximum atomic E-state index is 12.6. The van der Waals surface area contributed by atoms with Gasteiger partial charge in [-0.2, -0.15) is 5.26 Å². The van der Waals surface area contributed by atoms with E-state index in [9.17, 15) is 9.59 Å². The van der Waals surface area contributed by atoms with Gasteiger partial charge in [-0.3, -0.25) is 9.69 Å². The minimum absolute atomic E-state index is 0.0464. The van der Waals surface area contributed by atoms with Crippen LogP contribution in [0.5, 0.6) is 0 Å². The molecule has 0 aromatic heterocycles. The normalized spacial score (nSPS) is 13.7. The summed E-state index contributed by atoms with van der Waals surface area (Å²) in [6.07, 6.45) is -0.0464. The molecule has 2 amide bonds. The predicted molar refractivity (Wildman–Crippen MR) is 103 cm³/mol. The molecule has 1 heterocycles. The Hall–Kier alpha value is -3.33. The zero-order valence-corrected chi connectivity index (χ0v) is 15.4. The second-order valence-electron chi connectivity index (χ2n) is 6.64. The molecule has 2 aromatic rings. The van der Waals surface area contributed by atoms with Crippen LogP contribution in [0.4, 0.5) is 10.5 Å². The minimum Gasteiger partial charge on any atom is -0.481 e. The summed E-state index contributed by atoms with van der Waals surface area (Å²) in [5, 5.41) is 17.8. The fourth-order valence-corrected chi connectivity index (χ4v) is 3.38. The fourth-order valence-electron chi connectivity index (χ4n) is 3.38. The molecule has 0 spiro atoms. The van der Waals surface area contributed by atoms with Gasteiger partial charge in [0.25, 0.3) is 0 Å². The SMILES string of the molecule is Cc1c(-c2ccc(C#N)cc2)ccc(N2CCN(CCC(=O)O)C2=O)c1C. The lowest BCUT2D eigenvalue weighted by molar-refractivity contribution is -0.137. The third kappa shape index (κ3) is 3.63. The molecule has 6 nitrogen and oxygen atoms in total. The Morgan fingerprint density at radius 3 is 2.44 bits per heavy atom. The van der Waals surface area contributed by atoms with Crippen LogP contribution in [0.1, 0.15) is 23.1 Å². The van der Waals surface area contributed by atoms with E-state index in [1.807, 2.05) is 38.1 Å². The van der Waals surface area contributed by atoms with Crippen molar-refractivity contribution in [1.82, 2.24) is 4.90 Å². The average molecular weight is 363 g/mol. The van der Waals surface area contributed by atoms with E-state index in [2.05, 4.69) is 6.07 Å². The van der Waals surface area contributed by atoms with Crippen molar-refractivity contribution in [3.63, 3.8) is 0 Å². The maximum Gasteiger partial charge on any atom is 0.324 e. The maximum absolute atomic E-state index is 12.6. The van der Waals surface area contributed by atoms with Crippen LogP contribution in [0.2, 0.25) is 0 Å². The van der Waals surface area contributed by atoms with E-state index in [1.165, 1.54) is 0 Å². The number of nitriles is 1. The van der Waals surface area contributed by atoms with Gasteiger partial charge in [-0.05, 0) is 54.3 Å². The third-order valence-corrected chi connectivity index (χ3v) is 5.06. The van der Waals surface area contributed by atoms with Crippen LogP contribution in [0.25, 0.3) is 11.1 Å². The van der Waals surface area contributed by atoms with Crippen LogP contribution in [0.15, 0.2) is 36.4 Å². The molecule has 3 rings (SSSR count). The van der Waals surface area contributed by atoms with Gasteiger partial charge in [-0.15, -0.1) is 0 Å². The van der Waals surface area contributed by atoms with Crippen LogP contribution in [-0.2, 0) is 4.79 Å². The Balaban J connectivity index is 1.86. The number of nitrogens with zero attached hydrogens (tertiary/aromatic N) is 3. The smallest absolute Gasteiger partial charge is 0.324 e. The van der Waals surface area contributed by atoms with Gasteiger partial charge in [0.1, 0.15) is 0 Å². The molecule has 1 fully saturated rings. The molecule has 2 aromatic carbocycles. The summed E-state index contributed by atoms with van der Waals surface area (Å²) >= 11 is 0. The predicted octanol–water partition coefficient (Wildman–Crippen LogP) is 3.56. The van der Waals surface area contributed by atoms with Crippen LogP contribution in [0.3, 0.4) is 0 Å². The molecule has 1 aliphatic heterocycles. The lowest BCUT2D eigenvalue weighted by Gasteiger charge is -2.22. The molecule has 0 unspecified atom stereocenters. The summed E-state index contributed by atoms with van der Waals surface area (Å²) in [4.78, 5) is 26.7. The summed E-state index contributed by atoms with van der Waals surface area (Å²) in [7, 11) is 0. The van der Waals surface area contributed by atoms with Crippen LogP contribution >= 0.6 is 0 Å². The molecular weight excluding hydrogens is 342 g/mol. The second kappa shape index (κ2) is 7.50. The van der Waals surface area contributed by atoms with Gasteiger partial charge in [0, 0.05) is 25.3 Å². The van der Waals surface area contributed by atoms with E-state index in [4.69, 9.17) is 10.4 Å². The Kier molecular flexibility index (Phi) is 5.13. The zero-order chi connectivity index (χ0) is 19.6. The summed E-state index contributed by atoms with van der Waals surface area (Å²) in [6, 6.07) is 13.3.